The van der Waals surface area contributed by atoms with Crippen molar-refractivity contribution in [3.8, 4) is 11.1 Å². The van der Waals surface area contributed by atoms with Crippen LogP contribution in [0.25, 0.3) is 34.1 Å². The average Bonchev–Trinajstić information content (AvgIpc) is 2.60. The summed E-state index contributed by atoms with van der Waals surface area (Å²) in [5.74, 6) is 0. The van der Waals surface area contributed by atoms with Crippen molar-refractivity contribution in [1.29, 1.82) is 0 Å². The van der Waals surface area contributed by atoms with Gasteiger partial charge in [0.05, 0.1) is 0 Å². The molecule has 106 valence electrons. The fourth-order valence-corrected chi connectivity index (χ4v) is 2.81. The molecule has 0 saturated carbocycles. The number of carbonyl (C=O) groups excluding carboxylic acids is 1. The van der Waals surface area contributed by atoms with Gasteiger partial charge in [-0.05, 0) is 39.1 Å². The van der Waals surface area contributed by atoms with Crippen molar-refractivity contribution in [2.45, 2.75) is 0 Å². The first kappa shape index (κ1) is 14.0. The molecule has 0 heterocycles. The number of carbonyl (C=O) groups is 1. The zero-order valence-electron chi connectivity index (χ0n) is 12.3. The summed E-state index contributed by atoms with van der Waals surface area (Å²) in [4.78, 5) is 10.9. The predicted octanol–water partition coefficient (Wildman–Crippen LogP) is 5.61. The van der Waals surface area contributed by atoms with Crippen LogP contribution < -0.4 is 0 Å². The summed E-state index contributed by atoms with van der Waals surface area (Å²) in [5, 5.41) is 2.33. The number of benzene rings is 3. The van der Waals surface area contributed by atoms with E-state index in [0.717, 1.165) is 33.9 Å². The van der Waals surface area contributed by atoms with Crippen LogP contribution in [0.4, 0.5) is 0 Å². The van der Waals surface area contributed by atoms with Gasteiger partial charge in [-0.3, -0.25) is 4.79 Å². The van der Waals surface area contributed by atoms with Gasteiger partial charge < -0.3 is 0 Å². The van der Waals surface area contributed by atoms with E-state index >= 15 is 0 Å². The standard InChI is InChI=1S/C21H16O/c1-3-16-13-18-7-5-6-8-20(18)21(19(16)4-2)17-11-9-15(14-22)10-12-17/h3-14H,1-2H2. The fourth-order valence-electron chi connectivity index (χ4n) is 2.81. The highest BCUT2D eigenvalue weighted by Crippen LogP contribution is 2.35. The number of fused-ring (bicyclic) bond motifs is 1. The molecular weight excluding hydrogens is 268 g/mol. The quantitative estimate of drug-likeness (QED) is 0.569. The zero-order chi connectivity index (χ0) is 15.5. The third-order valence-electron chi connectivity index (χ3n) is 3.88. The summed E-state index contributed by atoms with van der Waals surface area (Å²) in [6.45, 7) is 7.88. The maximum absolute atomic E-state index is 10.9. The molecule has 0 atom stereocenters. The maximum atomic E-state index is 10.9. The van der Waals surface area contributed by atoms with Gasteiger partial charge in [0, 0.05) is 5.56 Å². The van der Waals surface area contributed by atoms with Gasteiger partial charge >= 0.3 is 0 Å². The molecule has 1 nitrogen and oxygen atoms in total. The minimum Gasteiger partial charge on any atom is -0.298 e. The van der Waals surface area contributed by atoms with Crippen LogP contribution in [0, 0.1) is 0 Å². The second-order valence-electron chi connectivity index (χ2n) is 5.12. The van der Waals surface area contributed by atoms with Crippen molar-refractivity contribution in [2.24, 2.45) is 0 Å². The Morgan fingerprint density at radius 1 is 0.864 bits per heavy atom. The van der Waals surface area contributed by atoms with Gasteiger partial charge in [0.15, 0.2) is 0 Å². The van der Waals surface area contributed by atoms with Gasteiger partial charge in [-0.25, -0.2) is 0 Å². The Hall–Kier alpha value is -2.93. The highest BCUT2D eigenvalue weighted by Gasteiger charge is 2.11. The van der Waals surface area contributed by atoms with Crippen molar-refractivity contribution in [3.05, 3.63) is 84.4 Å². The smallest absolute Gasteiger partial charge is 0.150 e. The minimum absolute atomic E-state index is 0.674. The highest BCUT2D eigenvalue weighted by molar-refractivity contribution is 6.03. The molecule has 0 bridgehead atoms. The molecule has 3 aromatic carbocycles. The predicted molar refractivity (Wildman–Crippen MR) is 95.0 cm³/mol. The molecular formula is C21H16O. The van der Waals surface area contributed by atoms with Crippen molar-refractivity contribution < 1.29 is 4.79 Å². The molecule has 0 amide bonds. The summed E-state index contributed by atoms with van der Waals surface area (Å²) in [6, 6.07) is 18.0. The number of hydrogen-bond donors (Lipinski definition) is 0. The second-order valence-corrected chi connectivity index (χ2v) is 5.12. The Labute approximate surface area is 130 Å². The van der Waals surface area contributed by atoms with Crippen LogP contribution in [0.15, 0.2) is 67.8 Å². The van der Waals surface area contributed by atoms with E-state index in [1.54, 1.807) is 0 Å². The Balaban J connectivity index is 2.40. The van der Waals surface area contributed by atoms with Gasteiger partial charge in [-0.15, -0.1) is 0 Å². The number of rotatable bonds is 4. The van der Waals surface area contributed by atoms with Gasteiger partial charge in [-0.1, -0.05) is 73.8 Å². The van der Waals surface area contributed by atoms with Crippen LogP contribution >= 0.6 is 0 Å². The van der Waals surface area contributed by atoms with Crippen molar-refractivity contribution >= 4 is 29.2 Å². The van der Waals surface area contributed by atoms with E-state index in [4.69, 9.17) is 0 Å². The molecule has 0 aliphatic rings. The average molecular weight is 284 g/mol. The van der Waals surface area contributed by atoms with Crippen molar-refractivity contribution in [1.82, 2.24) is 0 Å². The number of hydrogen-bond acceptors (Lipinski definition) is 1. The lowest BCUT2D eigenvalue weighted by Crippen LogP contribution is -1.91. The summed E-state index contributed by atoms with van der Waals surface area (Å²) < 4.78 is 0. The lowest BCUT2D eigenvalue weighted by Gasteiger charge is -2.14. The molecule has 0 spiro atoms. The fraction of sp³-hybridized carbons (Fsp3) is 0. The van der Waals surface area contributed by atoms with Crippen molar-refractivity contribution in [3.63, 3.8) is 0 Å². The molecule has 0 aromatic heterocycles. The molecule has 0 N–H and O–H groups in total. The molecule has 1 heteroatoms. The minimum atomic E-state index is 0.674. The molecule has 3 aromatic rings. The van der Waals surface area contributed by atoms with Crippen LogP contribution in [0.1, 0.15) is 21.5 Å². The Bertz CT molecular complexity index is 870. The lowest BCUT2D eigenvalue weighted by atomic mass is 9.89. The van der Waals surface area contributed by atoms with Gasteiger partial charge in [0.1, 0.15) is 6.29 Å². The monoisotopic (exact) mass is 284 g/mol. The molecule has 3 rings (SSSR count). The van der Waals surface area contributed by atoms with E-state index in [1.807, 2.05) is 48.6 Å². The van der Waals surface area contributed by atoms with Crippen LogP contribution in [0.5, 0.6) is 0 Å². The highest BCUT2D eigenvalue weighted by atomic mass is 16.1. The zero-order valence-corrected chi connectivity index (χ0v) is 12.3. The molecule has 0 unspecified atom stereocenters. The van der Waals surface area contributed by atoms with E-state index in [0.29, 0.717) is 5.56 Å². The van der Waals surface area contributed by atoms with Gasteiger partial charge in [0.2, 0.25) is 0 Å². The first-order valence-electron chi connectivity index (χ1n) is 7.14. The molecule has 0 aliphatic carbocycles. The van der Waals surface area contributed by atoms with Crippen LogP contribution in [-0.2, 0) is 0 Å². The van der Waals surface area contributed by atoms with E-state index < -0.39 is 0 Å². The number of aldehydes is 1. The summed E-state index contributed by atoms with van der Waals surface area (Å²) in [6.07, 6.45) is 4.58. The molecule has 0 radical (unpaired) electrons. The Morgan fingerprint density at radius 3 is 2.23 bits per heavy atom. The van der Waals surface area contributed by atoms with E-state index in [9.17, 15) is 4.79 Å². The van der Waals surface area contributed by atoms with Gasteiger partial charge in [-0.2, -0.15) is 0 Å². The maximum Gasteiger partial charge on any atom is 0.150 e. The second kappa shape index (κ2) is 5.82. The molecule has 22 heavy (non-hydrogen) atoms. The Morgan fingerprint density at radius 2 is 1.59 bits per heavy atom. The summed E-state index contributed by atoms with van der Waals surface area (Å²) >= 11 is 0. The summed E-state index contributed by atoms with van der Waals surface area (Å²) in [7, 11) is 0. The van der Waals surface area contributed by atoms with E-state index in [-0.39, 0.29) is 0 Å². The topological polar surface area (TPSA) is 17.1 Å². The summed E-state index contributed by atoms with van der Waals surface area (Å²) in [5.41, 5.74) is 4.99. The molecule has 0 saturated heterocycles. The first-order valence-corrected chi connectivity index (χ1v) is 7.14. The van der Waals surface area contributed by atoms with Gasteiger partial charge in [0.25, 0.3) is 0 Å². The van der Waals surface area contributed by atoms with Crippen molar-refractivity contribution in [2.75, 3.05) is 0 Å². The van der Waals surface area contributed by atoms with Crippen LogP contribution in [0.2, 0.25) is 0 Å². The molecule has 0 fully saturated rings. The largest absolute Gasteiger partial charge is 0.298 e. The van der Waals surface area contributed by atoms with Crippen LogP contribution in [0.3, 0.4) is 0 Å². The third kappa shape index (κ3) is 2.27. The van der Waals surface area contributed by atoms with E-state index in [1.165, 1.54) is 5.39 Å². The lowest BCUT2D eigenvalue weighted by molar-refractivity contribution is 0.112. The van der Waals surface area contributed by atoms with Crippen LogP contribution in [-0.4, -0.2) is 6.29 Å². The first-order chi connectivity index (χ1) is 10.8. The molecule has 0 aliphatic heterocycles. The Kier molecular flexibility index (Phi) is 3.71. The third-order valence-corrected chi connectivity index (χ3v) is 3.88. The van der Waals surface area contributed by atoms with E-state index in [2.05, 4.69) is 31.4 Å². The SMILES string of the molecule is C=Cc1cc2ccccc2c(-c2ccc(C=O)cc2)c1C=C. The normalized spacial score (nSPS) is 10.4.